The lowest BCUT2D eigenvalue weighted by Gasteiger charge is -2.34. The first-order chi connectivity index (χ1) is 13.2. The molecule has 2 aromatic rings. The average molecular weight is 380 g/mol. The van der Waals surface area contributed by atoms with E-state index in [2.05, 4.69) is 60.4 Å². The molecule has 0 saturated carbocycles. The Bertz CT molecular complexity index is 853. The minimum absolute atomic E-state index is 0.209. The maximum absolute atomic E-state index is 6.38. The molecule has 1 heterocycles. The van der Waals surface area contributed by atoms with Crippen LogP contribution in [-0.4, -0.2) is 30.7 Å². The van der Waals surface area contributed by atoms with Crippen LogP contribution >= 0.6 is 11.6 Å². The summed E-state index contributed by atoms with van der Waals surface area (Å²) < 4.78 is 6.01. The van der Waals surface area contributed by atoms with E-state index in [9.17, 15) is 0 Å². The fraction of sp³-hybridized carbons (Fsp3) is 0.333. The molecular formula is C24H26ClNO. The summed E-state index contributed by atoms with van der Waals surface area (Å²) in [5.41, 5.74) is 6.17. The van der Waals surface area contributed by atoms with E-state index in [0.717, 1.165) is 49.7 Å². The van der Waals surface area contributed by atoms with Crippen LogP contribution in [0.25, 0.3) is 11.1 Å². The van der Waals surface area contributed by atoms with Gasteiger partial charge in [0, 0.05) is 30.2 Å². The average Bonchev–Trinajstić information content (AvgIpc) is 2.71. The highest BCUT2D eigenvalue weighted by molar-refractivity contribution is 6.33. The van der Waals surface area contributed by atoms with Gasteiger partial charge in [0.05, 0.1) is 12.7 Å². The predicted octanol–water partition coefficient (Wildman–Crippen LogP) is 5.79. The third-order valence-corrected chi connectivity index (χ3v) is 5.67. The summed E-state index contributed by atoms with van der Waals surface area (Å²) in [6.45, 7) is 5.80. The second kappa shape index (κ2) is 8.43. The molecule has 2 aliphatic rings. The van der Waals surface area contributed by atoms with Gasteiger partial charge >= 0.3 is 0 Å². The van der Waals surface area contributed by atoms with Crippen LogP contribution in [0, 0.1) is 6.92 Å². The number of allylic oxidation sites excluding steroid dienone is 2. The van der Waals surface area contributed by atoms with Gasteiger partial charge in [-0.05, 0) is 48.6 Å². The summed E-state index contributed by atoms with van der Waals surface area (Å²) in [5.74, 6) is 0. The lowest BCUT2D eigenvalue weighted by molar-refractivity contribution is -0.0108. The lowest BCUT2D eigenvalue weighted by atomic mass is 10.00. The number of morpholine rings is 1. The molecule has 1 fully saturated rings. The van der Waals surface area contributed by atoms with Gasteiger partial charge < -0.3 is 4.74 Å². The number of ether oxygens (including phenoxy) is 1. The summed E-state index contributed by atoms with van der Waals surface area (Å²) in [6, 6.07) is 15.0. The molecule has 1 unspecified atom stereocenters. The van der Waals surface area contributed by atoms with E-state index in [-0.39, 0.29) is 6.10 Å². The van der Waals surface area contributed by atoms with Gasteiger partial charge in [-0.25, -0.2) is 0 Å². The minimum Gasteiger partial charge on any atom is -0.371 e. The molecule has 1 saturated heterocycles. The van der Waals surface area contributed by atoms with E-state index in [1.54, 1.807) is 0 Å². The Labute approximate surface area is 167 Å². The number of halogens is 1. The third kappa shape index (κ3) is 4.52. The molecule has 0 amide bonds. The van der Waals surface area contributed by atoms with Gasteiger partial charge in [-0.3, -0.25) is 4.90 Å². The lowest BCUT2D eigenvalue weighted by Crippen LogP contribution is -2.42. The van der Waals surface area contributed by atoms with Gasteiger partial charge in [-0.1, -0.05) is 65.7 Å². The maximum Gasteiger partial charge on any atom is 0.0949 e. The van der Waals surface area contributed by atoms with Crippen molar-refractivity contribution in [2.75, 3.05) is 19.7 Å². The smallest absolute Gasteiger partial charge is 0.0949 e. The van der Waals surface area contributed by atoms with E-state index in [1.165, 1.54) is 22.3 Å². The van der Waals surface area contributed by atoms with Crippen molar-refractivity contribution in [2.24, 2.45) is 0 Å². The highest BCUT2D eigenvalue weighted by Gasteiger charge is 2.23. The zero-order valence-electron chi connectivity index (χ0n) is 15.8. The van der Waals surface area contributed by atoms with E-state index in [1.807, 2.05) is 12.1 Å². The second-order valence-electron chi connectivity index (χ2n) is 7.46. The van der Waals surface area contributed by atoms with Gasteiger partial charge in [0.1, 0.15) is 0 Å². The van der Waals surface area contributed by atoms with Crippen molar-refractivity contribution in [1.82, 2.24) is 4.90 Å². The third-order valence-electron chi connectivity index (χ3n) is 5.34. The fourth-order valence-electron chi connectivity index (χ4n) is 3.83. The molecule has 1 atom stereocenters. The van der Waals surface area contributed by atoms with Gasteiger partial charge in [-0.2, -0.15) is 0 Å². The van der Waals surface area contributed by atoms with Crippen molar-refractivity contribution < 1.29 is 4.74 Å². The first-order valence-corrected chi connectivity index (χ1v) is 10.1. The topological polar surface area (TPSA) is 12.5 Å². The van der Waals surface area contributed by atoms with Crippen LogP contribution in [0.15, 0.2) is 66.3 Å². The van der Waals surface area contributed by atoms with Crippen LogP contribution in [0.3, 0.4) is 0 Å². The first kappa shape index (κ1) is 18.5. The summed E-state index contributed by atoms with van der Waals surface area (Å²) in [4.78, 5) is 2.49. The summed E-state index contributed by atoms with van der Waals surface area (Å²) in [6.07, 6.45) is 9.31. The van der Waals surface area contributed by atoms with Crippen LogP contribution in [0.5, 0.6) is 0 Å². The first-order valence-electron chi connectivity index (χ1n) is 9.75. The highest BCUT2D eigenvalue weighted by atomic mass is 35.5. The molecule has 0 N–H and O–H groups in total. The Balaban J connectivity index is 1.43. The zero-order valence-corrected chi connectivity index (χ0v) is 16.6. The van der Waals surface area contributed by atoms with Gasteiger partial charge in [-0.15, -0.1) is 0 Å². The molecular weight excluding hydrogens is 354 g/mol. The largest absolute Gasteiger partial charge is 0.371 e. The van der Waals surface area contributed by atoms with Crippen LogP contribution in [0.4, 0.5) is 0 Å². The molecule has 140 valence electrons. The summed E-state index contributed by atoms with van der Waals surface area (Å²) >= 11 is 6.38. The van der Waals surface area contributed by atoms with Gasteiger partial charge in [0.2, 0.25) is 0 Å². The Kier molecular flexibility index (Phi) is 5.77. The normalized spacial score (nSPS) is 20.5. The molecule has 2 aromatic carbocycles. The number of hydrogen-bond acceptors (Lipinski definition) is 2. The summed E-state index contributed by atoms with van der Waals surface area (Å²) in [5, 5.41) is 0.804. The van der Waals surface area contributed by atoms with Crippen LogP contribution in [-0.2, 0) is 11.3 Å². The quantitative estimate of drug-likeness (QED) is 0.666. The number of nitrogens with zero attached hydrogens (tertiary/aromatic N) is 1. The number of benzene rings is 2. The molecule has 4 rings (SSSR count). The predicted molar refractivity (Wildman–Crippen MR) is 113 cm³/mol. The molecule has 2 nitrogen and oxygen atoms in total. The second-order valence-corrected chi connectivity index (χ2v) is 7.87. The highest BCUT2D eigenvalue weighted by Crippen LogP contribution is 2.29. The molecule has 0 bridgehead atoms. The molecule has 0 aromatic heterocycles. The van der Waals surface area contributed by atoms with E-state index >= 15 is 0 Å². The molecule has 3 heteroatoms. The van der Waals surface area contributed by atoms with Crippen molar-refractivity contribution in [1.29, 1.82) is 0 Å². The number of aryl methyl sites for hydroxylation is 1. The summed E-state index contributed by atoms with van der Waals surface area (Å²) in [7, 11) is 0. The van der Waals surface area contributed by atoms with E-state index in [4.69, 9.17) is 16.3 Å². The molecule has 1 aliphatic heterocycles. The van der Waals surface area contributed by atoms with Crippen LogP contribution in [0.2, 0.25) is 5.02 Å². The maximum atomic E-state index is 6.38. The van der Waals surface area contributed by atoms with Gasteiger partial charge in [0.15, 0.2) is 0 Å². The standard InChI is InChI=1S/C24H26ClNO/c1-18-7-12-23(25)22(15-18)20-10-8-19(9-11-20)16-26-13-14-27-24(17-26)21-5-3-2-4-6-21/h3,5-12,15,24H,2,4,13-14,16-17H2,1H3. The Hall–Kier alpha value is -1.87. The molecule has 27 heavy (non-hydrogen) atoms. The van der Waals surface area contributed by atoms with E-state index < -0.39 is 0 Å². The van der Waals surface area contributed by atoms with Crippen molar-refractivity contribution in [3.63, 3.8) is 0 Å². The van der Waals surface area contributed by atoms with Crippen molar-refractivity contribution in [3.05, 3.63) is 82.4 Å². The Morgan fingerprint density at radius 2 is 1.96 bits per heavy atom. The van der Waals surface area contributed by atoms with Gasteiger partial charge in [0.25, 0.3) is 0 Å². The van der Waals surface area contributed by atoms with Crippen molar-refractivity contribution in [2.45, 2.75) is 32.4 Å². The monoisotopic (exact) mass is 379 g/mol. The van der Waals surface area contributed by atoms with Crippen LogP contribution < -0.4 is 0 Å². The Morgan fingerprint density at radius 1 is 1.11 bits per heavy atom. The fourth-order valence-corrected chi connectivity index (χ4v) is 4.06. The molecule has 0 radical (unpaired) electrons. The van der Waals surface area contributed by atoms with Crippen LogP contribution in [0.1, 0.15) is 24.0 Å². The van der Waals surface area contributed by atoms with E-state index in [0.29, 0.717) is 0 Å². The molecule has 1 aliphatic carbocycles. The van der Waals surface area contributed by atoms with Crippen molar-refractivity contribution in [3.8, 4) is 11.1 Å². The Morgan fingerprint density at radius 3 is 2.74 bits per heavy atom. The zero-order chi connectivity index (χ0) is 18.6. The number of rotatable bonds is 4. The van der Waals surface area contributed by atoms with Crippen molar-refractivity contribution >= 4 is 11.6 Å². The SMILES string of the molecule is Cc1ccc(Cl)c(-c2ccc(CN3CCOC(C4=CCCC=C4)C3)cc2)c1. The molecule has 0 spiro atoms. The minimum atomic E-state index is 0.209. The number of hydrogen-bond donors (Lipinski definition) is 0.